The van der Waals surface area contributed by atoms with Crippen LogP contribution in [-0.4, -0.2) is 18.5 Å². The summed E-state index contributed by atoms with van der Waals surface area (Å²) in [6, 6.07) is 8.11. The van der Waals surface area contributed by atoms with Crippen LogP contribution in [0.3, 0.4) is 0 Å². The summed E-state index contributed by atoms with van der Waals surface area (Å²) >= 11 is 0. The van der Waals surface area contributed by atoms with E-state index in [-0.39, 0.29) is 11.9 Å². The van der Waals surface area contributed by atoms with E-state index in [9.17, 15) is 4.79 Å². The van der Waals surface area contributed by atoms with Crippen LogP contribution in [0.1, 0.15) is 25.3 Å². The van der Waals surface area contributed by atoms with E-state index in [0.29, 0.717) is 0 Å². The third kappa shape index (κ3) is 2.26. The van der Waals surface area contributed by atoms with Gasteiger partial charge in [-0.25, -0.2) is 5.84 Å². The highest BCUT2D eigenvalue weighted by Crippen LogP contribution is 2.30. The van der Waals surface area contributed by atoms with Crippen LogP contribution in [0.5, 0.6) is 0 Å². The van der Waals surface area contributed by atoms with Crippen LogP contribution in [0.4, 0.5) is 5.69 Å². The smallest absolute Gasteiger partial charge is 0.256 e. The van der Waals surface area contributed by atoms with E-state index < -0.39 is 0 Å². The largest absolute Gasteiger partial charge is 0.359 e. The molecule has 4 heteroatoms. The Bertz CT molecular complexity index is 405. The first-order chi connectivity index (χ1) is 8.27. The number of para-hydroxylation sites is 1. The Hall–Kier alpha value is -1.55. The monoisotopic (exact) mass is 233 g/mol. The average molecular weight is 233 g/mol. The van der Waals surface area contributed by atoms with E-state index in [1.807, 2.05) is 12.1 Å². The summed E-state index contributed by atoms with van der Waals surface area (Å²) in [5, 5.41) is 0. The number of rotatable bonds is 4. The molecule has 0 saturated heterocycles. The molecule has 4 nitrogen and oxygen atoms in total. The molecule has 1 heterocycles. The van der Waals surface area contributed by atoms with Gasteiger partial charge in [-0.3, -0.25) is 10.2 Å². The Morgan fingerprint density at radius 3 is 3.00 bits per heavy atom. The quantitative estimate of drug-likeness (QED) is 0.467. The molecule has 3 N–H and O–H groups in total. The Morgan fingerprint density at radius 1 is 1.53 bits per heavy atom. The van der Waals surface area contributed by atoms with Crippen LogP contribution < -0.4 is 16.2 Å². The second-order valence-electron chi connectivity index (χ2n) is 4.39. The number of benzene rings is 1. The number of hydrogen-bond donors (Lipinski definition) is 2. The minimum Gasteiger partial charge on any atom is -0.359 e. The normalized spacial score (nSPS) is 15.5. The minimum absolute atomic E-state index is 0.0939. The minimum atomic E-state index is -0.145. The zero-order valence-electron chi connectivity index (χ0n) is 10.1. The first kappa shape index (κ1) is 11.9. The molecule has 2 rings (SSSR count). The number of nitrogens with one attached hydrogen (secondary N) is 1. The molecule has 0 aromatic heterocycles. The number of amides is 1. The van der Waals surface area contributed by atoms with Gasteiger partial charge < -0.3 is 4.90 Å². The maximum atomic E-state index is 11.8. The summed E-state index contributed by atoms with van der Waals surface area (Å²) in [5.74, 6) is 5.17. The van der Waals surface area contributed by atoms with Crippen molar-refractivity contribution < 1.29 is 4.79 Å². The van der Waals surface area contributed by atoms with Crippen molar-refractivity contribution in [2.45, 2.75) is 32.2 Å². The van der Waals surface area contributed by atoms with Gasteiger partial charge in [0, 0.05) is 12.2 Å². The van der Waals surface area contributed by atoms with E-state index >= 15 is 0 Å². The summed E-state index contributed by atoms with van der Waals surface area (Å²) in [5.41, 5.74) is 4.77. The number of hydrazine groups is 1. The van der Waals surface area contributed by atoms with Crippen molar-refractivity contribution in [3.8, 4) is 0 Å². The number of fused-ring (bicyclic) bond motifs is 1. The second kappa shape index (κ2) is 5.19. The van der Waals surface area contributed by atoms with Crippen LogP contribution in [0, 0.1) is 0 Å². The summed E-state index contributed by atoms with van der Waals surface area (Å²) in [6.45, 7) is 2.98. The molecule has 1 aliphatic rings. The highest BCUT2D eigenvalue weighted by molar-refractivity contribution is 5.85. The van der Waals surface area contributed by atoms with Gasteiger partial charge in [-0.1, -0.05) is 31.5 Å². The van der Waals surface area contributed by atoms with Gasteiger partial charge in [0.1, 0.15) is 6.04 Å². The molecule has 1 aliphatic heterocycles. The van der Waals surface area contributed by atoms with Crippen molar-refractivity contribution in [2.24, 2.45) is 5.84 Å². The average Bonchev–Trinajstić information content (AvgIpc) is 2.79. The molecule has 0 bridgehead atoms. The molecule has 17 heavy (non-hydrogen) atoms. The van der Waals surface area contributed by atoms with E-state index in [0.717, 1.165) is 25.8 Å². The number of carbonyl (C=O) groups is 1. The van der Waals surface area contributed by atoms with Crippen LogP contribution in [-0.2, 0) is 11.2 Å². The molecule has 1 unspecified atom stereocenters. The van der Waals surface area contributed by atoms with Crippen molar-refractivity contribution in [3.63, 3.8) is 0 Å². The summed E-state index contributed by atoms with van der Waals surface area (Å²) in [4.78, 5) is 14.0. The first-order valence-corrected chi connectivity index (χ1v) is 6.13. The predicted molar refractivity (Wildman–Crippen MR) is 68.5 cm³/mol. The van der Waals surface area contributed by atoms with E-state index in [1.54, 1.807) is 0 Å². The fourth-order valence-electron chi connectivity index (χ4n) is 2.49. The van der Waals surface area contributed by atoms with Gasteiger partial charge >= 0.3 is 0 Å². The lowest BCUT2D eigenvalue weighted by molar-refractivity contribution is -0.122. The fourth-order valence-corrected chi connectivity index (χ4v) is 2.49. The maximum Gasteiger partial charge on any atom is 0.256 e. The molecule has 0 spiro atoms. The van der Waals surface area contributed by atoms with E-state index in [4.69, 9.17) is 5.84 Å². The molecule has 1 amide bonds. The molecule has 92 valence electrons. The van der Waals surface area contributed by atoms with Crippen molar-refractivity contribution in [2.75, 3.05) is 11.4 Å². The molecule has 0 aliphatic carbocycles. The van der Waals surface area contributed by atoms with Gasteiger partial charge in [-0.05, 0) is 24.5 Å². The number of nitrogens with two attached hydrogens (primary N) is 1. The Balaban J connectivity index is 2.24. The molecule has 1 aromatic carbocycles. The summed E-state index contributed by atoms with van der Waals surface area (Å²) in [7, 11) is 0. The lowest BCUT2D eigenvalue weighted by Crippen LogP contribution is -2.48. The van der Waals surface area contributed by atoms with Crippen LogP contribution in [0.2, 0.25) is 0 Å². The van der Waals surface area contributed by atoms with Crippen molar-refractivity contribution in [3.05, 3.63) is 29.8 Å². The van der Waals surface area contributed by atoms with Gasteiger partial charge in [0.25, 0.3) is 5.91 Å². The van der Waals surface area contributed by atoms with Gasteiger partial charge in [-0.2, -0.15) is 0 Å². The molecule has 0 fully saturated rings. The number of carbonyl (C=O) groups excluding carboxylic acids is 1. The number of anilines is 1. The molecular formula is C13H19N3O. The van der Waals surface area contributed by atoms with Crippen molar-refractivity contribution >= 4 is 11.6 Å². The Kier molecular flexibility index (Phi) is 3.64. The molecular weight excluding hydrogens is 214 g/mol. The molecule has 0 saturated carbocycles. The molecule has 0 radical (unpaired) electrons. The lowest BCUT2D eigenvalue weighted by Gasteiger charge is -2.28. The van der Waals surface area contributed by atoms with Gasteiger partial charge in [0.2, 0.25) is 0 Å². The van der Waals surface area contributed by atoms with Crippen LogP contribution in [0.15, 0.2) is 24.3 Å². The van der Waals surface area contributed by atoms with Crippen LogP contribution in [0.25, 0.3) is 0 Å². The van der Waals surface area contributed by atoms with E-state index in [1.165, 1.54) is 11.3 Å². The Morgan fingerprint density at radius 2 is 2.29 bits per heavy atom. The SMILES string of the molecule is CCCC(C(=O)NN)N1CCc2ccccc21. The van der Waals surface area contributed by atoms with Gasteiger partial charge in [0.05, 0.1) is 0 Å². The number of hydrogen-bond acceptors (Lipinski definition) is 3. The summed E-state index contributed by atoms with van der Waals surface area (Å²) in [6.07, 6.45) is 2.81. The van der Waals surface area contributed by atoms with Crippen molar-refractivity contribution in [1.82, 2.24) is 5.43 Å². The van der Waals surface area contributed by atoms with Gasteiger partial charge in [0.15, 0.2) is 0 Å². The third-order valence-corrected chi connectivity index (χ3v) is 3.31. The highest BCUT2D eigenvalue weighted by atomic mass is 16.2. The fraction of sp³-hybridized carbons (Fsp3) is 0.462. The Labute approximate surface area is 102 Å². The second-order valence-corrected chi connectivity index (χ2v) is 4.39. The first-order valence-electron chi connectivity index (χ1n) is 6.13. The lowest BCUT2D eigenvalue weighted by atomic mass is 10.1. The van der Waals surface area contributed by atoms with Crippen LogP contribution >= 0.6 is 0 Å². The zero-order chi connectivity index (χ0) is 12.3. The predicted octanol–water partition coefficient (Wildman–Crippen LogP) is 1.21. The van der Waals surface area contributed by atoms with Gasteiger partial charge in [-0.15, -0.1) is 0 Å². The summed E-state index contributed by atoms with van der Waals surface area (Å²) < 4.78 is 0. The van der Waals surface area contributed by atoms with Crippen molar-refractivity contribution in [1.29, 1.82) is 0 Å². The topological polar surface area (TPSA) is 58.4 Å². The third-order valence-electron chi connectivity index (χ3n) is 3.31. The van der Waals surface area contributed by atoms with E-state index in [2.05, 4.69) is 29.4 Å². The standard InChI is InChI=1S/C13H19N3O/c1-2-5-12(13(17)15-14)16-9-8-10-6-3-4-7-11(10)16/h3-4,6-7,12H,2,5,8-9,14H2,1H3,(H,15,17). The maximum absolute atomic E-state index is 11.8. The molecule has 1 atom stereocenters. The molecule has 1 aromatic rings. The highest BCUT2D eigenvalue weighted by Gasteiger charge is 2.29. The zero-order valence-corrected chi connectivity index (χ0v) is 10.1. The number of nitrogens with zero attached hydrogens (tertiary/aromatic N) is 1.